The lowest BCUT2D eigenvalue weighted by Gasteiger charge is -2.03. The molecule has 0 radical (unpaired) electrons. The minimum atomic E-state index is -0.283. The molecule has 0 aromatic carbocycles. The zero-order valence-corrected chi connectivity index (χ0v) is 11.4. The number of rotatable bonds is 4. The molecule has 0 saturated carbocycles. The number of hydrogen-bond acceptors (Lipinski definition) is 4. The van der Waals surface area contributed by atoms with E-state index >= 15 is 0 Å². The summed E-state index contributed by atoms with van der Waals surface area (Å²) in [5.74, 6) is 0.00390. The molecule has 0 atom stereocenters. The number of pyridine rings is 2. The molecule has 0 aliphatic carbocycles. The van der Waals surface area contributed by atoms with Gasteiger partial charge in [-0.1, -0.05) is 0 Å². The molecule has 2 aromatic rings. The van der Waals surface area contributed by atoms with Gasteiger partial charge in [0.2, 0.25) is 0 Å². The Bertz CT molecular complexity index is 717. The normalized spacial score (nSPS) is 10.9. The molecule has 1 N–H and O–H groups in total. The smallest absolute Gasteiger partial charge is 0.273 e. The molecular weight excluding hydrogens is 254 g/mol. The molecule has 0 spiro atoms. The van der Waals surface area contributed by atoms with Crippen LogP contribution in [0.1, 0.15) is 18.9 Å². The first kappa shape index (κ1) is 13.9. The molecule has 0 amide bonds. The van der Waals surface area contributed by atoms with Crippen LogP contribution in [-0.2, 0) is 4.79 Å². The molecule has 0 unspecified atom stereocenters. The van der Waals surface area contributed by atoms with Crippen molar-refractivity contribution in [1.82, 2.24) is 9.97 Å². The Morgan fingerprint density at radius 1 is 1.35 bits per heavy atom. The van der Waals surface area contributed by atoms with E-state index < -0.39 is 0 Å². The second-order valence-corrected chi connectivity index (χ2v) is 4.57. The van der Waals surface area contributed by atoms with Gasteiger partial charge >= 0.3 is 0 Å². The summed E-state index contributed by atoms with van der Waals surface area (Å²) in [5, 5.41) is 0. The van der Waals surface area contributed by atoms with Crippen molar-refractivity contribution in [3.8, 4) is 11.1 Å². The molecule has 0 fully saturated rings. The fourth-order valence-corrected chi connectivity index (χ4v) is 1.72. The van der Waals surface area contributed by atoms with Gasteiger partial charge in [-0.25, -0.2) is 0 Å². The number of H-pyrrole nitrogens is 1. The predicted octanol–water partition coefficient (Wildman–Crippen LogP) is 2.43. The highest BCUT2D eigenvalue weighted by atomic mass is 16.1. The van der Waals surface area contributed by atoms with Gasteiger partial charge in [0.25, 0.3) is 5.56 Å². The summed E-state index contributed by atoms with van der Waals surface area (Å²) in [7, 11) is 0. The van der Waals surface area contributed by atoms with Crippen molar-refractivity contribution in [3.05, 3.63) is 46.6 Å². The van der Waals surface area contributed by atoms with E-state index in [1.54, 1.807) is 24.7 Å². The van der Waals surface area contributed by atoms with Gasteiger partial charge in [0.1, 0.15) is 11.5 Å². The van der Waals surface area contributed by atoms with E-state index in [4.69, 9.17) is 0 Å². The van der Waals surface area contributed by atoms with Gasteiger partial charge in [0.05, 0.1) is 0 Å². The van der Waals surface area contributed by atoms with Crippen molar-refractivity contribution in [2.75, 3.05) is 0 Å². The predicted molar refractivity (Wildman–Crippen MR) is 78.5 cm³/mol. The van der Waals surface area contributed by atoms with Crippen molar-refractivity contribution in [3.63, 3.8) is 0 Å². The topological polar surface area (TPSA) is 75.2 Å². The fraction of sp³-hybridized carbons (Fsp3) is 0.200. The first-order chi connectivity index (χ1) is 9.56. The van der Waals surface area contributed by atoms with Crippen LogP contribution < -0.4 is 5.56 Å². The first-order valence-corrected chi connectivity index (χ1v) is 6.23. The molecule has 0 aliphatic rings. The number of Topliss-reactive ketones (excluding diaryl/α,β-unsaturated/α-hetero) is 1. The molecule has 102 valence electrons. The van der Waals surface area contributed by atoms with Crippen LogP contribution in [0.5, 0.6) is 0 Å². The second-order valence-electron chi connectivity index (χ2n) is 4.57. The first-order valence-electron chi connectivity index (χ1n) is 6.23. The Morgan fingerprint density at radius 3 is 2.85 bits per heavy atom. The number of aliphatic imine (C=N–C) groups is 1. The number of aromatic nitrogens is 2. The quantitative estimate of drug-likeness (QED) is 0.866. The Hall–Kier alpha value is -2.56. The number of carbonyl (C=O) groups is 1. The average molecular weight is 269 g/mol. The maximum absolute atomic E-state index is 11.7. The molecule has 20 heavy (non-hydrogen) atoms. The number of carbonyl (C=O) groups excluding carboxylic acids is 1. The van der Waals surface area contributed by atoms with E-state index in [1.807, 2.05) is 13.0 Å². The van der Waals surface area contributed by atoms with Crippen LogP contribution in [0.3, 0.4) is 0 Å². The molecule has 2 aromatic heterocycles. The monoisotopic (exact) mass is 269 g/mol. The van der Waals surface area contributed by atoms with Crippen molar-refractivity contribution in [1.29, 1.82) is 0 Å². The maximum Gasteiger partial charge on any atom is 0.273 e. The number of ketones is 1. The minimum Gasteiger partial charge on any atom is -0.327 e. The van der Waals surface area contributed by atoms with Crippen molar-refractivity contribution < 1.29 is 4.79 Å². The van der Waals surface area contributed by atoms with E-state index in [9.17, 15) is 9.59 Å². The Kier molecular flexibility index (Phi) is 4.20. The van der Waals surface area contributed by atoms with Crippen molar-refractivity contribution >= 4 is 17.7 Å². The van der Waals surface area contributed by atoms with E-state index in [0.717, 1.165) is 16.7 Å². The van der Waals surface area contributed by atoms with Gasteiger partial charge in [0.15, 0.2) is 0 Å². The van der Waals surface area contributed by atoms with Crippen LogP contribution in [0, 0.1) is 6.92 Å². The summed E-state index contributed by atoms with van der Waals surface area (Å²) in [6.07, 6.45) is 6.79. The Morgan fingerprint density at radius 2 is 2.15 bits per heavy atom. The zero-order chi connectivity index (χ0) is 14.5. The molecule has 0 aliphatic heterocycles. The summed E-state index contributed by atoms with van der Waals surface area (Å²) < 4.78 is 0. The van der Waals surface area contributed by atoms with E-state index in [0.29, 0.717) is 0 Å². The van der Waals surface area contributed by atoms with Gasteiger partial charge in [0, 0.05) is 42.4 Å². The number of aromatic amines is 1. The molecule has 5 nitrogen and oxygen atoms in total. The lowest BCUT2D eigenvalue weighted by Crippen LogP contribution is -2.04. The number of nitrogens with one attached hydrogen (secondary N) is 1. The van der Waals surface area contributed by atoms with Crippen LogP contribution in [0.15, 0.2) is 40.5 Å². The fourth-order valence-electron chi connectivity index (χ4n) is 1.72. The highest BCUT2D eigenvalue weighted by Crippen LogP contribution is 2.20. The summed E-state index contributed by atoms with van der Waals surface area (Å²) in [6, 6.07) is 3.66. The molecule has 5 heteroatoms. The highest BCUT2D eigenvalue weighted by Gasteiger charge is 2.03. The van der Waals surface area contributed by atoms with Crippen molar-refractivity contribution in [2.24, 2.45) is 4.99 Å². The third-order valence-electron chi connectivity index (χ3n) is 2.70. The van der Waals surface area contributed by atoms with E-state index in [1.165, 1.54) is 13.1 Å². The Balaban J connectivity index is 2.36. The van der Waals surface area contributed by atoms with Gasteiger partial charge in [-0.15, -0.1) is 0 Å². The SMILES string of the molecule is CC(=O)CC=Nc1cc(-c2cncc(C)c2)c[nH]c1=O. The van der Waals surface area contributed by atoms with Crippen LogP contribution in [0.25, 0.3) is 11.1 Å². The summed E-state index contributed by atoms with van der Waals surface area (Å²) >= 11 is 0. The minimum absolute atomic E-state index is 0.00390. The largest absolute Gasteiger partial charge is 0.327 e. The zero-order valence-electron chi connectivity index (χ0n) is 11.4. The van der Waals surface area contributed by atoms with E-state index in [2.05, 4.69) is 15.0 Å². The van der Waals surface area contributed by atoms with Crippen LogP contribution in [-0.4, -0.2) is 22.0 Å². The molecule has 0 bridgehead atoms. The lowest BCUT2D eigenvalue weighted by molar-refractivity contribution is -0.115. The van der Waals surface area contributed by atoms with Crippen molar-refractivity contribution in [2.45, 2.75) is 20.3 Å². The summed E-state index contributed by atoms with van der Waals surface area (Å²) in [5.41, 5.74) is 2.77. The number of aryl methyl sites for hydroxylation is 1. The van der Waals surface area contributed by atoms with E-state index in [-0.39, 0.29) is 23.5 Å². The van der Waals surface area contributed by atoms with Gasteiger partial charge in [-0.2, -0.15) is 0 Å². The molecule has 2 rings (SSSR count). The average Bonchev–Trinajstić information content (AvgIpc) is 2.40. The molecule has 2 heterocycles. The number of nitrogens with zero attached hydrogens (tertiary/aromatic N) is 2. The lowest BCUT2D eigenvalue weighted by atomic mass is 10.1. The summed E-state index contributed by atoms with van der Waals surface area (Å²) in [6.45, 7) is 3.43. The van der Waals surface area contributed by atoms with Gasteiger partial charge < -0.3 is 4.98 Å². The Labute approximate surface area is 116 Å². The molecule has 0 saturated heterocycles. The van der Waals surface area contributed by atoms with Gasteiger partial charge in [-0.3, -0.25) is 19.6 Å². The van der Waals surface area contributed by atoms with Crippen LogP contribution >= 0.6 is 0 Å². The van der Waals surface area contributed by atoms with Crippen LogP contribution in [0.2, 0.25) is 0 Å². The third-order valence-corrected chi connectivity index (χ3v) is 2.70. The molecular formula is C15H15N3O2. The third kappa shape index (κ3) is 3.47. The maximum atomic E-state index is 11.7. The summed E-state index contributed by atoms with van der Waals surface area (Å²) in [4.78, 5) is 33.3. The highest BCUT2D eigenvalue weighted by molar-refractivity contribution is 5.90. The van der Waals surface area contributed by atoms with Gasteiger partial charge in [-0.05, 0) is 31.5 Å². The standard InChI is InChI=1S/C15H15N3O2/c1-10-5-12(8-16-7-10)13-6-14(15(20)18-9-13)17-4-3-11(2)19/h4-9H,3H2,1-2H3,(H,18,20). The van der Waals surface area contributed by atoms with Crippen LogP contribution in [0.4, 0.5) is 5.69 Å². The number of hydrogen-bond donors (Lipinski definition) is 1. The second kappa shape index (κ2) is 6.06.